The van der Waals surface area contributed by atoms with Gasteiger partial charge < -0.3 is 4.74 Å². The van der Waals surface area contributed by atoms with Gasteiger partial charge >= 0.3 is 0 Å². The van der Waals surface area contributed by atoms with Crippen molar-refractivity contribution in [2.75, 3.05) is 6.61 Å². The molecule has 146 valence electrons. The first-order valence-corrected chi connectivity index (χ1v) is 10.2. The van der Waals surface area contributed by atoms with Crippen molar-refractivity contribution in [3.63, 3.8) is 0 Å². The molecular weight excluding hydrogens is 382 g/mol. The molecule has 2 heterocycles. The van der Waals surface area contributed by atoms with Gasteiger partial charge in [0.05, 0.1) is 4.53 Å². The fourth-order valence-electron chi connectivity index (χ4n) is 2.94. The second-order valence-electron chi connectivity index (χ2n) is 6.99. The molecule has 0 spiro atoms. The van der Waals surface area contributed by atoms with Gasteiger partial charge in [-0.15, -0.1) is 5.10 Å². The van der Waals surface area contributed by atoms with Gasteiger partial charge in [-0.2, -0.15) is 9.50 Å². The van der Waals surface area contributed by atoms with Crippen molar-refractivity contribution in [2.24, 2.45) is 0 Å². The van der Waals surface area contributed by atoms with Crippen LogP contribution >= 0.6 is 11.3 Å². The van der Waals surface area contributed by atoms with Crippen LogP contribution < -0.4 is 14.8 Å². The van der Waals surface area contributed by atoms with Crippen molar-refractivity contribution in [1.29, 1.82) is 0 Å². The zero-order chi connectivity index (χ0) is 20.4. The second kappa shape index (κ2) is 8.01. The molecule has 0 amide bonds. The average Bonchev–Trinajstić information content (AvgIpc) is 3.27. The molecule has 2 aromatic heterocycles. The molecular formula is C23H21N3O2S. The van der Waals surface area contributed by atoms with E-state index in [1.54, 1.807) is 6.08 Å². The quantitative estimate of drug-likeness (QED) is 0.456. The number of aromatic nitrogens is 3. The molecule has 0 aliphatic carbocycles. The van der Waals surface area contributed by atoms with Crippen LogP contribution in [-0.4, -0.2) is 21.2 Å². The highest BCUT2D eigenvalue weighted by molar-refractivity contribution is 7.15. The van der Waals surface area contributed by atoms with E-state index >= 15 is 0 Å². The molecule has 6 heteroatoms. The van der Waals surface area contributed by atoms with Gasteiger partial charge in [0.15, 0.2) is 5.82 Å². The summed E-state index contributed by atoms with van der Waals surface area (Å²) in [7, 11) is 0. The summed E-state index contributed by atoms with van der Waals surface area (Å²) in [5.41, 5.74) is 2.95. The third kappa shape index (κ3) is 3.98. The number of nitrogens with zero attached hydrogens (tertiary/aromatic N) is 3. The first-order valence-electron chi connectivity index (χ1n) is 9.40. The van der Waals surface area contributed by atoms with Gasteiger partial charge in [0, 0.05) is 5.56 Å². The van der Waals surface area contributed by atoms with E-state index in [0.717, 1.165) is 16.9 Å². The molecule has 5 nitrogen and oxygen atoms in total. The molecule has 0 N–H and O–H groups in total. The number of hydrogen-bond donors (Lipinski definition) is 0. The smallest absolute Gasteiger partial charge is 0.291 e. The number of ether oxygens (including phenoxy) is 1. The summed E-state index contributed by atoms with van der Waals surface area (Å²) >= 11 is 1.34. The molecule has 4 rings (SSSR count). The predicted octanol–water partition coefficient (Wildman–Crippen LogP) is 4.05. The highest BCUT2D eigenvalue weighted by atomic mass is 32.1. The summed E-state index contributed by atoms with van der Waals surface area (Å²) in [6.07, 6.45) is 3.58. The summed E-state index contributed by atoms with van der Waals surface area (Å²) in [6, 6.07) is 15.7. The Morgan fingerprint density at radius 3 is 2.48 bits per heavy atom. The van der Waals surface area contributed by atoms with Crippen LogP contribution in [0.4, 0.5) is 0 Å². The van der Waals surface area contributed by atoms with E-state index in [2.05, 4.69) is 42.6 Å². The zero-order valence-corrected chi connectivity index (χ0v) is 17.1. The summed E-state index contributed by atoms with van der Waals surface area (Å²) in [5.74, 6) is 1.76. The lowest BCUT2D eigenvalue weighted by molar-refractivity contribution is 0.363. The third-order valence-electron chi connectivity index (χ3n) is 4.56. The average molecular weight is 404 g/mol. The fraction of sp³-hybridized carbons (Fsp3) is 0.174. The highest BCUT2D eigenvalue weighted by Crippen LogP contribution is 2.20. The summed E-state index contributed by atoms with van der Waals surface area (Å²) in [4.78, 5) is 17.8. The predicted molar refractivity (Wildman–Crippen MR) is 118 cm³/mol. The lowest BCUT2D eigenvalue weighted by atomic mass is 10.0. The van der Waals surface area contributed by atoms with E-state index in [-0.39, 0.29) is 5.56 Å². The second-order valence-corrected chi connectivity index (χ2v) is 8.00. The van der Waals surface area contributed by atoms with Crippen molar-refractivity contribution < 1.29 is 4.74 Å². The van der Waals surface area contributed by atoms with Crippen molar-refractivity contribution in [3.8, 4) is 17.1 Å². The molecule has 0 bridgehead atoms. The number of fused-ring (bicyclic) bond motifs is 1. The van der Waals surface area contributed by atoms with Gasteiger partial charge in [0.2, 0.25) is 4.96 Å². The Labute approximate surface area is 172 Å². The molecule has 0 aliphatic rings. The molecule has 0 aliphatic heterocycles. The first kappa shape index (κ1) is 19.1. The van der Waals surface area contributed by atoms with Gasteiger partial charge in [-0.1, -0.05) is 62.1 Å². The number of benzene rings is 2. The van der Waals surface area contributed by atoms with Crippen molar-refractivity contribution in [3.05, 3.63) is 87.2 Å². The van der Waals surface area contributed by atoms with Gasteiger partial charge in [0.1, 0.15) is 12.4 Å². The molecule has 0 radical (unpaired) electrons. The van der Waals surface area contributed by atoms with E-state index in [0.29, 0.717) is 27.8 Å². The van der Waals surface area contributed by atoms with Crippen LogP contribution in [0.1, 0.15) is 30.9 Å². The minimum Gasteiger partial charge on any atom is -0.490 e. The van der Waals surface area contributed by atoms with Gasteiger partial charge in [-0.3, -0.25) is 4.79 Å². The first-order chi connectivity index (χ1) is 14.0. The largest absolute Gasteiger partial charge is 0.490 e. The Hall–Kier alpha value is -3.25. The Balaban J connectivity index is 1.63. The fourth-order valence-corrected chi connectivity index (χ4v) is 3.85. The van der Waals surface area contributed by atoms with Crippen LogP contribution in [0.15, 0.2) is 66.0 Å². The number of rotatable bonds is 6. The molecule has 29 heavy (non-hydrogen) atoms. The maximum atomic E-state index is 12.7. The van der Waals surface area contributed by atoms with E-state index in [1.165, 1.54) is 21.4 Å². The van der Waals surface area contributed by atoms with Crippen LogP contribution in [0.3, 0.4) is 0 Å². The standard InChI is InChI=1S/C23H21N3O2S/c1-4-13-28-19-11-9-18(10-12-19)21-24-23-26(25-21)22(27)20(29-23)14-16-5-7-17(8-6-16)15(2)3/h4-12,14-15H,1,13H2,2-3H3/b20-14-. The molecule has 0 fully saturated rings. The maximum absolute atomic E-state index is 12.7. The van der Waals surface area contributed by atoms with E-state index < -0.39 is 0 Å². The monoisotopic (exact) mass is 403 g/mol. The molecule has 0 atom stereocenters. The molecule has 2 aromatic carbocycles. The minimum absolute atomic E-state index is 0.150. The molecule has 0 saturated carbocycles. The van der Waals surface area contributed by atoms with Crippen LogP contribution in [0, 0.1) is 0 Å². The number of hydrogen-bond acceptors (Lipinski definition) is 5. The highest BCUT2D eigenvalue weighted by Gasteiger charge is 2.12. The number of thiazole rings is 1. The molecule has 0 unspecified atom stereocenters. The van der Waals surface area contributed by atoms with Crippen molar-refractivity contribution >= 4 is 22.4 Å². The van der Waals surface area contributed by atoms with E-state index in [9.17, 15) is 4.79 Å². The zero-order valence-electron chi connectivity index (χ0n) is 16.3. The Kier molecular flexibility index (Phi) is 5.27. The van der Waals surface area contributed by atoms with Crippen LogP contribution in [-0.2, 0) is 0 Å². The summed E-state index contributed by atoms with van der Waals surface area (Å²) in [6.45, 7) is 8.41. The van der Waals surface area contributed by atoms with Crippen LogP contribution in [0.2, 0.25) is 0 Å². The Bertz CT molecular complexity index is 1250. The van der Waals surface area contributed by atoms with E-state index in [1.807, 2.05) is 42.5 Å². The summed E-state index contributed by atoms with van der Waals surface area (Å²) in [5, 5.41) is 4.40. The Morgan fingerprint density at radius 2 is 1.86 bits per heavy atom. The van der Waals surface area contributed by atoms with Crippen LogP contribution in [0.25, 0.3) is 22.4 Å². The molecule has 4 aromatic rings. The SMILES string of the molecule is C=CCOc1ccc(-c2nc3s/c(=C\c4ccc(C(C)C)cc4)c(=O)n3n2)cc1. The molecule has 0 saturated heterocycles. The van der Waals surface area contributed by atoms with Gasteiger partial charge in [0.25, 0.3) is 5.56 Å². The van der Waals surface area contributed by atoms with Gasteiger partial charge in [-0.05, 0) is 47.4 Å². The van der Waals surface area contributed by atoms with Crippen molar-refractivity contribution in [1.82, 2.24) is 14.6 Å². The minimum atomic E-state index is -0.150. The lowest BCUT2D eigenvalue weighted by Gasteiger charge is -2.04. The summed E-state index contributed by atoms with van der Waals surface area (Å²) < 4.78 is 7.48. The topological polar surface area (TPSA) is 56.5 Å². The van der Waals surface area contributed by atoms with E-state index in [4.69, 9.17) is 4.74 Å². The van der Waals surface area contributed by atoms with Gasteiger partial charge in [-0.25, -0.2) is 0 Å². The third-order valence-corrected chi connectivity index (χ3v) is 5.52. The Morgan fingerprint density at radius 1 is 1.14 bits per heavy atom. The van der Waals surface area contributed by atoms with Crippen LogP contribution in [0.5, 0.6) is 5.75 Å². The maximum Gasteiger partial charge on any atom is 0.291 e. The lowest BCUT2D eigenvalue weighted by Crippen LogP contribution is -2.23. The normalized spacial score (nSPS) is 12.0. The van der Waals surface area contributed by atoms with Crippen molar-refractivity contribution in [2.45, 2.75) is 19.8 Å².